The fourth-order valence-corrected chi connectivity index (χ4v) is 3.47. The molecule has 0 aliphatic carbocycles. The van der Waals surface area contributed by atoms with Crippen molar-refractivity contribution in [3.8, 4) is 0 Å². The van der Waals surface area contributed by atoms with Gasteiger partial charge in [-0.3, -0.25) is 9.48 Å². The molecule has 1 N–H and O–H groups in total. The molecule has 0 aliphatic heterocycles. The molecule has 0 fully saturated rings. The minimum absolute atomic E-state index is 0.0751. The van der Waals surface area contributed by atoms with Crippen LogP contribution in [0.3, 0.4) is 0 Å². The molecule has 4 aromatic rings. The molecule has 0 saturated carbocycles. The van der Waals surface area contributed by atoms with Crippen LogP contribution in [0.4, 0.5) is 0 Å². The lowest BCUT2D eigenvalue weighted by atomic mass is 10.0. The Bertz CT molecular complexity index is 1120. The number of nitrogens with one attached hydrogen (secondary N) is 1. The van der Waals surface area contributed by atoms with Crippen LogP contribution in [0.2, 0.25) is 5.02 Å². The molecule has 0 aliphatic rings. The zero-order valence-corrected chi connectivity index (χ0v) is 16.9. The van der Waals surface area contributed by atoms with E-state index in [4.69, 9.17) is 11.6 Å². The molecular formula is C24H22ClN3O. The molecule has 29 heavy (non-hydrogen) atoms. The molecule has 0 spiro atoms. The highest BCUT2D eigenvalue weighted by molar-refractivity contribution is 6.30. The van der Waals surface area contributed by atoms with E-state index in [1.54, 1.807) is 0 Å². The van der Waals surface area contributed by atoms with Crippen LogP contribution in [0.1, 0.15) is 34.3 Å². The van der Waals surface area contributed by atoms with Crippen molar-refractivity contribution in [2.45, 2.75) is 19.4 Å². The van der Waals surface area contributed by atoms with Gasteiger partial charge in [0.2, 0.25) is 0 Å². The number of amides is 1. The van der Waals surface area contributed by atoms with Crippen molar-refractivity contribution in [1.29, 1.82) is 0 Å². The molecule has 146 valence electrons. The van der Waals surface area contributed by atoms with Gasteiger partial charge in [-0.1, -0.05) is 67.1 Å². The average Bonchev–Trinajstić information content (AvgIpc) is 3.16. The number of rotatable bonds is 6. The van der Waals surface area contributed by atoms with Crippen LogP contribution >= 0.6 is 11.6 Å². The van der Waals surface area contributed by atoms with E-state index in [1.165, 1.54) is 5.56 Å². The lowest BCUT2D eigenvalue weighted by molar-refractivity contribution is 0.0952. The first-order valence-electron chi connectivity index (χ1n) is 9.63. The normalized spacial score (nSPS) is 12.1. The van der Waals surface area contributed by atoms with Crippen LogP contribution in [0.25, 0.3) is 10.9 Å². The second-order valence-electron chi connectivity index (χ2n) is 7.22. The van der Waals surface area contributed by atoms with Crippen LogP contribution in [0, 0.1) is 0 Å². The van der Waals surface area contributed by atoms with Crippen molar-refractivity contribution in [1.82, 2.24) is 15.1 Å². The van der Waals surface area contributed by atoms with E-state index >= 15 is 0 Å². The largest absolute Gasteiger partial charge is 0.351 e. The number of halogens is 1. The third-order valence-corrected chi connectivity index (χ3v) is 5.34. The molecule has 4 nitrogen and oxygen atoms in total. The Labute approximate surface area is 175 Å². The van der Waals surface area contributed by atoms with E-state index in [0.29, 0.717) is 23.7 Å². The topological polar surface area (TPSA) is 46.9 Å². The van der Waals surface area contributed by atoms with Crippen molar-refractivity contribution in [2.75, 3.05) is 6.54 Å². The number of fused-ring (bicyclic) bond motifs is 1. The Morgan fingerprint density at radius 2 is 1.83 bits per heavy atom. The summed E-state index contributed by atoms with van der Waals surface area (Å²) < 4.78 is 1.90. The molecule has 0 bridgehead atoms. The standard InChI is InChI=1S/C24H22ClN3O/c1-17(19-5-3-2-4-6-19)14-26-24(29)20-9-10-21-15-27-28(23(21)13-20)16-18-7-11-22(25)12-8-18/h2-13,15,17H,14,16H2,1H3,(H,26,29)/t17-/m0/s1. The number of carbonyl (C=O) groups excluding carboxylic acids is 1. The summed E-state index contributed by atoms with van der Waals surface area (Å²) in [7, 11) is 0. The van der Waals surface area contributed by atoms with Gasteiger partial charge in [0, 0.05) is 22.5 Å². The Balaban J connectivity index is 1.49. The number of hydrogen-bond acceptors (Lipinski definition) is 2. The fraction of sp³-hybridized carbons (Fsp3) is 0.167. The maximum atomic E-state index is 12.7. The van der Waals surface area contributed by atoms with Crippen molar-refractivity contribution in [3.05, 3.63) is 101 Å². The van der Waals surface area contributed by atoms with Crippen LogP contribution < -0.4 is 5.32 Å². The monoisotopic (exact) mass is 403 g/mol. The van der Waals surface area contributed by atoms with E-state index < -0.39 is 0 Å². The predicted octanol–water partition coefficient (Wildman–Crippen LogP) is 5.27. The van der Waals surface area contributed by atoms with E-state index in [-0.39, 0.29) is 11.8 Å². The number of carbonyl (C=O) groups is 1. The molecular weight excluding hydrogens is 382 g/mol. The SMILES string of the molecule is C[C@@H](CNC(=O)c1ccc2cnn(Cc3ccc(Cl)cc3)c2c1)c1ccccc1. The molecule has 1 heterocycles. The molecule has 4 rings (SSSR count). The molecule has 0 radical (unpaired) electrons. The highest BCUT2D eigenvalue weighted by atomic mass is 35.5. The molecule has 5 heteroatoms. The minimum atomic E-state index is -0.0751. The third-order valence-electron chi connectivity index (χ3n) is 5.09. The lowest BCUT2D eigenvalue weighted by Crippen LogP contribution is -2.27. The number of nitrogens with zero attached hydrogens (tertiary/aromatic N) is 2. The van der Waals surface area contributed by atoms with Gasteiger partial charge in [0.15, 0.2) is 0 Å². The molecule has 0 saturated heterocycles. The van der Waals surface area contributed by atoms with E-state index in [9.17, 15) is 4.79 Å². The first kappa shape index (κ1) is 19.2. The second-order valence-corrected chi connectivity index (χ2v) is 7.66. The summed E-state index contributed by atoms with van der Waals surface area (Å²) in [5.74, 6) is 0.174. The number of benzene rings is 3. The molecule has 1 atom stereocenters. The summed E-state index contributed by atoms with van der Waals surface area (Å²) in [4.78, 5) is 12.7. The average molecular weight is 404 g/mol. The van der Waals surface area contributed by atoms with Gasteiger partial charge in [0.1, 0.15) is 0 Å². The Kier molecular flexibility index (Phi) is 5.63. The quantitative estimate of drug-likeness (QED) is 0.476. The summed E-state index contributed by atoms with van der Waals surface area (Å²) in [5.41, 5.74) is 3.88. The zero-order valence-electron chi connectivity index (χ0n) is 16.2. The first-order valence-corrected chi connectivity index (χ1v) is 10.0. The van der Waals surface area contributed by atoms with Crippen LogP contribution in [0.5, 0.6) is 0 Å². The maximum absolute atomic E-state index is 12.7. The molecule has 1 amide bonds. The van der Waals surface area contributed by atoms with E-state index in [1.807, 2.05) is 71.5 Å². The van der Waals surface area contributed by atoms with Crippen molar-refractivity contribution in [2.24, 2.45) is 0 Å². The van der Waals surface area contributed by atoms with Gasteiger partial charge in [-0.2, -0.15) is 5.10 Å². The molecule has 3 aromatic carbocycles. The highest BCUT2D eigenvalue weighted by Crippen LogP contribution is 2.19. The summed E-state index contributed by atoms with van der Waals surface area (Å²) in [5, 5.41) is 9.24. The van der Waals surface area contributed by atoms with Gasteiger partial charge >= 0.3 is 0 Å². The van der Waals surface area contributed by atoms with Crippen LogP contribution in [-0.2, 0) is 6.54 Å². The Hall–Kier alpha value is -3.11. The zero-order chi connectivity index (χ0) is 20.2. The van der Waals surface area contributed by atoms with Gasteiger partial charge < -0.3 is 5.32 Å². The minimum Gasteiger partial charge on any atom is -0.351 e. The van der Waals surface area contributed by atoms with E-state index in [2.05, 4.69) is 29.5 Å². The predicted molar refractivity (Wildman–Crippen MR) is 117 cm³/mol. The number of aromatic nitrogens is 2. The Morgan fingerprint density at radius 3 is 2.59 bits per heavy atom. The fourth-order valence-electron chi connectivity index (χ4n) is 3.35. The van der Waals surface area contributed by atoms with Crippen molar-refractivity contribution < 1.29 is 4.79 Å². The summed E-state index contributed by atoms with van der Waals surface area (Å²) in [6.45, 7) is 3.32. The smallest absolute Gasteiger partial charge is 0.251 e. The second kappa shape index (κ2) is 8.50. The highest BCUT2D eigenvalue weighted by Gasteiger charge is 2.12. The van der Waals surface area contributed by atoms with Gasteiger partial charge in [-0.25, -0.2) is 0 Å². The maximum Gasteiger partial charge on any atom is 0.251 e. The Morgan fingerprint density at radius 1 is 1.07 bits per heavy atom. The number of hydrogen-bond donors (Lipinski definition) is 1. The van der Waals surface area contributed by atoms with Gasteiger partial charge in [-0.15, -0.1) is 0 Å². The van der Waals surface area contributed by atoms with Crippen LogP contribution in [0.15, 0.2) is 79.0 Å². The van der Waals surface area contributed by atoms with Crippen LogP contribution in [-0.4, -0.2) is 22.2 Å². The van der Waals surface area contributed by atoms with Crippen molar-refractivity contribution in [3.63, 3.8) is 0 Å². The van der Waals surface area contributed by atoms with E-state index in [0.717, 1.165) is 16.5 Å². The van der Waals surface area contributed by atoms with Gasteiger partial charge in [0.05, 0.1) is 18.3 Å². The molecule has 0 unspecified atom stereocenters. The van der Waals surface area contributed by atoms with Gasteiger partial charge in [-0.05, 0) is 41.3 Å². The molecule has 1 aromatic heterocycles. The summed E-state index contributed by atoms with van der Waals surface area (Å²) in [6.07, 6.45) is 1.82. The van der Waals surface area contributed by atoms with Gasteiger partial charge in [0.25, 0.3) is 5.91 Å². The third kappa shape index (κ3) is 4.49. The van der Waals surface area contributed by atoms with Crippen molar-refractivity contribution >= 4 is 28.4 Å². The summed E-state index contributed by atoms with van der Waals surface area (Å²) in [6, 6.07) is 23.6. The summed E-state index contributed by atoms with van der Waals surface area (Å²) >= 11 is 5.97. The first-order chi connectivity index (χ1) is 14.1. The lowest BCUT2D eigenvalue weighted by Gasteiger charge is -2.13.